The second kappa shape index (κ2) is 5.63. The van der Waals surface area contributed by atoms with E-state index in [1.807, 2.05) is 0 Å². The molecule has 2 rings (SSSR count). The highest BCUT2D eigenvalue weighted by atomic mass is 16.3. The minimum absolute atomic E-state index is 0.0266. The van der Waals surface area contributed by atoms with Gasteiger partial charge >= 0.3 is 0 Å². The molecule has 100 valence electrons. The van der Waals surface area contributed by atoms with Gasteiger partial charge in [0.1, 0.15) is 17.2 Å². The van der Waals surface area contributed by atoms with Crippen LogP contribution in [0.3, 0.4) is 0 Å². The van der Waals surface area contributed by atoms with Gasteiger partial charge < -0.3 is 20.4 Å². The number of phenolic OH excluding ortho intramolecular Hbond substituents is 3. The summed E-state index contributed by atoms with van der Waals surface area (Å²) in [4.78, 5) is 0. The van der Waals surface area contributed by atoms with Crippen molar-refractivity contribution in [1.29, 1.82) is 0 Å². The Kier molecular flexibility index (Phi) is 3.92. The van der Waals surface area contributed by atoms with E-state index in [2.05, 4.69) is 0 Å². The molecule has 0 saturated carbocycles. The van der Waals surface area contributed by atoms with Gasteiger partial charge in [0.15, 0.2) is 0 Å². The topological polar surface area (TPSA) is 80.9 Å². The van der Waals surface area contributed by atoms with Gasteiger partial charge in [0.05, 0.1) is 0 Å². The fourth-order valence-electron chi connectivity index (χ4n) is 2.22. The van der Waals surface area contributed by atoms with Gasteiger partial charge in [-0.2, -0.15) is 0 Å². The lowest BCUT2D eigenvalue weighted by molar-refractivity contribution is 0.279. The van der Waals surface area contributed by atoms with Crippen LogP contribution in [0.15, 0.2) is 42.5 Å². The van der Waals surface area contributed by atoms with E-state index in [0.29, 0.717) is 17.5 Å². The molecule has 2 aromatic rings. The summed E-state index contributed by atoms with van der Waals surface area (Å²) in [5.41, 5.74) is 1.20. The lowest BCUT2D eigenvalue weighted by Crippen LogP contribution is -2.04. The molecule has 0 aromatic heterocycles. The summed E-state index contributed by atoms with van der Waals surface area (Å²) in [7, 11) is 0. The zero-order chi connectivity index (χ0) is 13.8. The number of rotatable bonds is 4. The Morgan fingerprint density at radius 1 is 0.842 bits per heavy atom. The second-order valence-corrected chi connectivity index (χ2v) is 4.37. The quantitative estimate of drug-likeness (QED) is 0.680. The van der Waals surface area contributed by atoms with Crippen molar-refractivity contribution in [1.82, 2.24) is 0 Å². The highest BCUT2D eigenvalue weighted by Crippen LogP contribution is 2.38. The average Bonchev–Trinajstić information content (AvgIpc) is 2.38. The number of benzene rings is 2. The van der Waals surface area contributed by atoms with Crippen molar-refractivity contribution in [3.8, 4) is 17.2 Å². The summed E-state index contributed by atoms with van der Waals surface area (Å²) in [5.74, 6) is -0.289. The number of aromatic hydroxyl groups is 3. The van der Waals surface area contributed by atoms with Crippen molar-refractivity contribution in [2.45, 2.75) is 12.3 Å². The summed E-state index contributed by atoms with van der Waals surface area (Å²) in [6, 6.07) is 11.1. The van der Waals surface area contributed by atoms with E-state index in [1.54, 1.807) is 30.3 Å². The third kappa shape index (κ3) is 2.80. The maximum absolute atomic E-state index is 9.92. The molecule has 0 spiro atoms. The predicted molar refractivity (Wildman–Crippen MR) is 71.4 cm³/mol. The summed E-state index contributed by atoms with van der Waals surface area (Å²) in [6.07, 6.45) is 0.371. The highest BCUT2D eigenvalue weighted by Gasteiger charge is 2.20. The van der Waals surface area contributed by atoms with Crippen LogP contribution < -0.4 is 0 Å². The minimum atomic E-state index is -0.327. The Morgan fingerprint density at radius 2 is 1.53 bits per heavy atom. The molecule has 4 nitrogen and oxygen atoms in total. The van der Waals surface area contributed by atoms with Crippen LogP contribution in [-0.4, -0.2) is 27.0 Å². The first-order valence-corrected chi connectivity index (χ1v) is 6.04. The van der Waals surface area contributed by atoms with Crippen LogP contribution in [0.4, 0.5) is 0 Å². The van der Waals surface area contributed by atoms with E-state index in [1.165, 1.54) is 12.1 Å². The zero-order valence-electron chi connectivity index (χ0n) is 10.3. The van der Waals surface area contributed by atoms with Crippen molar-refractivity contribution in [3.05, 3.63) is 53.6 Å². The standard InChI is InChI=1S/C15H16O4/c16-8-7-11(12-3-1-2-4-14(12)18)13-6-5-10(17)9-15(13)19/h1-6,9,11,16-19H,7-8H2. The van der Waals surface area contributed by atoms with Gasteiger partial charge in [-0.15, -0.1) is 0 Å². The molecule has 0 bridgehead atoms. The van der Waals surface area contributed by atoms with Crippen molar-refractivity contribution in [2.75, 3.05) is 6.61 Å². The van der Waals surface area contributed by atoms with Crippen molar-refractivity contribution >= 4 is 0 Å². The van der Waals surface area contributed by atoms with Crippen molar-refractivity contribution < 1.29 is 20.4 Å². The molecule has 0 fully saturated rings. The maximum Gasteiger partial charge on any atom is 0.123 e. The maximum atomic E-state index is 9.92. The first-order chi connectivity index (χ1) is 9.13. The largest absolute Gasteiger partial charge is 0.508 e. The molecule has 19 heavy (non-hydrogen) atoms. The Hall–Kier alpha value is -2.20. The fraction of sp³-hybridized carbons (Fsp3) is 0.200. The van der Waals surface area contributed by atoms with Gasteiger partial charge in [-0.25, -0.2) is 0 Å². The number of para-hydroxylation sites is 1. The van der Waals surface area contributed by atoms with Gasteiger partial charge in [0.25, 0.3) is 0 Å². The third-order valence-electron chi connectivity index (χ3n) is 3.12. The van der Waals surface area contributed by atoms with Crippen LogP contribution in [0.2, 0.25) is 0 Å². The zero-order valence-corrected chi connectivity index (χ0v) is 10.3. The number of hydrogen-bond donors (Lipinski definition) is 4. The second-order valence-electron chi connectivity index (χ2n) is 4.37. The molecule has 1 unspecified atom stereocenters. The molecule has 0 radical (unpaired) electrons. The SMILES string of the molecule is OCCC(c1ccccc1O)c1ccc(O)cc1O. The molecule has 4 N–H and O–H groups in total. The van der Waals surface area contributed by atoms with E-state index < -0.39 is 0 Å². The molecule has 4 heteroatoms. The molecule has 1 atom stereocenters. The summed E-state index contributed by atoms with van der Waals surface area (Å²) < 4.78 is 0. The van der Waals surface area contributed by atoms with E-state index in [0.717, 1.165) is 0 Å². The van der Waals surface area contributed by atoms with Gasteiger partial charge in [-0.05, 0) is 18.6 Å². The van der Waals surface area contributed by atoms with Gasteiger partial charge in [0.2, 0.25) is 0 Å². The minimum Gasteiger partial charge on any atom is -0.508 e. The Bertz CT molecular complexity index is 566. The summed E-state index contributed by atoms with van der Waals surface area (Å²) in [6.45, 7) is -0.0701. The van der Waals surface area contributed by atoms with Crippen LogP contribution in [0.25, 0.3) is 0 Å². The van der Waals surface area contributed by atoms with Crippen LogP contribution in [-0.2, 0) is 0 Å². The van der Waals surface area contributed by atoms with Crippen molar-refractivity contribution in [3.63, 3.8) is 0 Å². The molecule has 0 aliphatic carbocycles. The van der Waals surface area contributed by atoms with Gasteiger partial charge in [0, 0.05) is 29.7 Å². The van der Waals surface area contributed by atoms with E-state index in [9.17, 15) is 20.4 Å². The Balaban J connectivity index is 2.48. The number of aliphatic hydroxyl groups excluding tert-OH is 1. The average molecular weight is 260 g/mol. The number of phenols is 3. The summed E-state index contributed by atoms with van der Waals surface area (Å²) in [5, 5.41) is 38.3. The van der Waals surface area contributed by atoms with Crippen LogP contribution in [0, 0.1) is 0 Å². The fourth-order valence-corrected chi connectivity index (χ4v) is 2.22. The number of aliphatic hydroxyl groups is 1. The monoisotopic (exact) mass is 260 g/mol. The Labute approximate surface area is 111 Å². The number of hydrogen-bond acceptors (Lipinski definition) is 4. The normalized spacial score (nSPS) is 12.3. The molecule has 2 aromatic carbocycles. The molecule has 0 saturated heterocycles. The van der Waals surface area contributed by atoms with Crippen LogP contribution >= 0.6 is 0 Å². The first kappa shape index (κ1) is 13.2. The van der Waals surface area contributed by atoms with E-state index in [-0.39, 0.29) is 29.8 Å². The third-order valence-corrected chi connectivity index (χ3v) is 3.12. The molecule has 0 heterocycles. The van der Waals surface area contributed by atoms with Gasteiger partial charge in [-0.1, -0.05) is 24.3 Å². The Morgan fingerprint density at radius 3 is 2.16 bits per heavy atom. The predicted octanol–water partition coefficient (Wildman–Crippen LogP) is 2.32. The highest BCUT2D eigenvalue weighted by molar-refractivity contribution is 5.48. The van der Waals surface area contributed by atoms with Crippen LogP contribution in [0.5, 0.6) is 17.2 Å². The van der Waals surface area contributed by atoms with E-state index in [4.69, 9.17) is 0 Å². The molecular formula is C15H16O4. The summed E-state index contributed by atoms with van der Waals surface area (Å²) >= 11 is 0. The van der Waals surface area contributed by atoms with E-state index >= 15 is 0 Å². The smallest absolute Gasteiger partial charge is 0.123 e. The molecule has 0 aliphatic rings. The lowest BCUT2D eigenvalue weighted by atomic mass is 9.87. The van der Waals surface area contributed by atoms with Crippen LogP contribution in [0.1, 0.15) is 23.5 Å². The first-order valence-electron chi connectivity index (χ1n) is 6.04. The molecule has 0 amide bonds. The molecule has 0 aliphatic heterocycles. The molecular weight excluding hydrogens is 244 g/mol. The van der Waals surface area contributed by atoms with Crippen molar-refractivity contribution in [2.24, 2.45) is 0 Å². The lowest BCUT2D eigenvalue weighted by Gasteiger charge is -2.19. The van der Waals surface area contributed by atoms with Gasteiger partial charge in [-0.3, -0.25) is 0 Å².